The summed E-state index contributed by atoms with van der Waals surface area (Å²) < 4.78 is 43.8. The fourth-order valence-corrected chi connectivity index (χ4v) is 12.3. The van der Waals surface area contributed by atoms with Crippen LogP contribution in [0.25, 0.3) is 99.3 Å². The van der Waals surface area contributed by atoms with Crippen LogP contribution in [0.5, 0.6) is 11.5 Å². The number of hydrogen-bond donors (Lipinski definition) is 0. The van der Waals surface area contributed by atoms with Crippen molar-refractivity contribution in [1.29, 1.82) is 0 Å². The van der Waals surface area contributed by atoms with Crippen LogP contribution in [0.3, 0.4) is 0 Å². The van der Waals surface area contributed by atoms with Gasteiger partial charge in [0.15, 0.2) is 0 Å². The van der Waals surface area contributed by atoms with E-state index in [0.717, 1.165) is 70.0 Å². The number of hydrogen-bond acceptors (Lipinski definition) is 2. The molecule has 0 fully saturated rings. The summed E-state index contributed by atoms with van der Waals surface area (Å²) in [6, 6.07) is 60.8. The Labute approximate surface area is 453 Å². The molecule has 374 valence electrons. The zero-order valence-electron chi connectivity index (χ0n) is 47.0. The van der Waals surface area contributed by atoms with E-state index >= 15 is 0 Å². The van der Waals surface area contributed by atoms with Crippen molar-refractivity contribution in [2.45, 2.75) is 92.3 Å². The third-order valence-electron chi connectivity index (χ3n) is 15.3. The quantitative estimate of drug-likeness (QED) is 0.156. The number of benzene rings is 8. The van der Waals surface area contributed by atoms with Crippen LogP contribution in [0.1, 0.15) is 94.2 Å². The molecular weight excluding hydrogens is 1100 g/mol. The molecule has 0 unspecified atom stereocenters. The van der Waals surface area contributed by atoms with Gasteiger partial charge in [-0.2, -0.15) is 0 Å². The Kier molecular flexibility index (Phi) is 9.78. The van der Waals surface area contributed by atoms with Crippen LogP contribution >= 0.6 is 0 Å². The number of aromatic nitrogens is 5. The molecule has 0 saturated heterocycles. The van der Waals surface area contributed by atoms with Gasteiger partial charge < -0.3 is 4.40 Å². The molecule has 0 N–H and O–H groups in total. The third-order valence-corrected chi connectivity index (χ3v) is 16.3. The molecule has 0 saturated carbocycles. The summed E-state index contributed by atoms with van der Waals surface area (Å²) in [5, 5.41) is 6.63. The van der Waals surface area contributed by atoms with Crippen molar-refractivity contribution in [3.63, 3.8) is 0 Å². The summed E-state index contributed by atoms with van der Waals surface area (Å²) in [5.41, 5.74) is 15.1. The molecule has 5 aromatic heterocycles. The summed E-state index contributed by atoms with van der Waals surface area (Å²) in [5.74, 6) is 1.53. The molecule has 0 amide bonds. The van der Waals surface area contributed by atoms with Gasteiger partial charge in [0.1, 0.15) is 0 Å². The molecule has 75 heavy (non-hydrogen) atoms. The van der Waals surface area contributed by atoms with E-state index in [4.69, 9.17) is 13.8 Å². The van der Waals surface area contributed by atoms with Crippen molar-refractivity contribution in [3.05, 3.63) is 202 Å². The van der Waals surface area contributed by atoms with Crippen LogP contribution in [-0.2, 0) is 35.6 Å². The Morgan fingerprint density at radius 2 is 1.16 bits per heavy atom. The van der Waals surface area contributed by atoms with E-state index in [-0.39, 0.29) is 21.8 Å². The number of ether oxygens (including phenoxy) is 1. The van der Waals surface area contributed by atoms with E-state index in [0.29, 0.717) is 28.4 Å². The van der Waals surface area contributed by atoms with Gasteiger partial charge in [-0.25, -0.2) is 0 Å². The molecule has 0 aliphatic carbocycles. The Morgan fingerprint density at radius 1 is 0.520 bits per heavy atom. The smallest absolute Gasteiger partial charge is 0.0579 e. The second-order valence-electron chi connectivity index (χ2n) is 23.4. The monoisotopic (exact) mass is 1160 g/mol. The number of pyridine rings is 1. The molecule has 0 bridgehead atoms. The molecule has 0 radical (unpaired) electrons. The van der Waals surface area contributed by atoms with Crippen LogP contribution in [-0.4, -0.2) is 23.1 Å². The van der Waals surface area contributed by atoms with Gasteiger partial charge in [-0.05, 0) is 35.0 Å². The standard InChI is InChI=1S/C68H59N5O.Pt/c1-41-23-28-47(70-40-71(59-22-15-14-21-58(59)70)48-33-45(67(6,7)8)32-46(34-48)68(9,10)11)35-63(41)74-49-29-30-51-54-37-55-53-19-16-18-52-50-17-12-13-20-57(50)73(65(52)53)62(55)38-61(54)72(60(51)36-49)64-31-42(2)56(39-69-64)43-24-26-44(27-25-43)66(3,4)5;/h12-34,37-39H,1-11H3;/q-2;/i2D3;. The fourth-order valence-electron chi connectivity index (χ4n) is 11.2. The molecule has 13 aromatic rings. The first kappa shape index (κ1) is 43.8. The Hall–Kier alpha value is -7.53. The molecule has 5 heterocycles. The van der Waals surface area contributed by atoms with Crippen molar-refractivity contribution < 1.29 is 28.2 Å². The predicted molar refractivity (Wildman–Crippen MR) is 308 cm³/mol. The van der Waals surface area contributed by atoms with Crippen LogP contribution in [0.2, 0.25) is 0 Å². The number of fused-ring (bicyclic) bond motifs is 10. The molecule has 8 aromatic carbocycles. The van der Waals surface area contributed by atoms with E-state index in [1.54, 1.807) is 12.3 Å². The molecule has 13 rings (SSSR count). The molecule has 0 atom stereocenters. The van der Waals surface area contributed by atoms with Crippen LogP contribution in [0, 0.1) is 29.7 Å². The van der Waals surface area contributed by atoms with Crippen molar-refractivity contribution in [2.24, 2.45) is 0 Å². The maximum absolute atomic E-state index is 8.93. The van der Waals surface area contributed by atoms with Gasteiger partial charge in [-0.1, -0.05) is 81.4 Å². The number of nitrogens with zero attached hydrogens (tertiary/aromatic N) is 5. The molecule has 0 spiro atoms. The van der Waals surface area contributed by atoms with Crippen molar-refractivity contribution in [1.82, 2.24) is 23.1 Å². The van der Waals surface area contributed by atoms with E-state index in [1.807, 2.05) is 25.1 Å². The number of aryl methyl sites for hydroxylation is 2. The summed E-state index contributed by atoms with van der Waals surface area (Å²) >= 11 is 2.46. The summed E-state index contributed by atoms with van der Waals surface area (Å²) in [6.45, 7) is 19.8. The first-order valence-corrected chi connectivity index (χ1v) is 26.9. The van der Waals surface area contributed by atoms with Crippen molar-refractivity contribution in [2.75, 3.05) is 0 Å². The second kappa shape index (κ2) is 16.7. The van der Waals surface area contributed by atoms with Crippen LogP contribution in [0.15, 0.2) is 158 Å². The first-order chi connectivity index (χ1) is 37.0. The number of rotatable bonds is 6. The SMILES string of the molecule is [2H]C([2H])([2H])c1cc(-n2c3[c-]c(Oc4[c-]c(-n5[c](=[Pt])n(-c6cc(C(C)(C)C)cc(C(C)(C)C)c6)c6ccccc65)ccc4C)ccc3c3cc4c5cccc6c7ccccc7n(c4cc32)c65)ncc1-c1ccc(C(C)(C)C)cc1. The average molecular weight is 1160 g/mol. The van der Waals surface area contributed by atoms with Crippen LogP contribution < -0.4 is 4.74 Å². The summed E-state index contributed by atoms with van der Waals surface area (Å²) in [6.07, 6.45) is 1.72. The zero-order valence-corrected chi connectivity index (χ0v) is 46.2. The van der Waals surface area contributed by atoms with Gasteiger partial charge in [0.05, 0.1) is 16.6 Å². The van der Waals surface area contributed by atoms with Crippen molar-refractivity contribution >= 4 is 70.9 Å². The molecule has 0 aliphatic heterocycles. The van der Waals surface area contributed by atoms with Gasteiger partial charge in [0, 0.05) is 37.4 Å². The minimum Gasteiger partial charge on any atom is -0.0579 e. The molecule has 7 heteroatoms. The number of para-hydroxylation sites is 4. The van der Waals surface area contributed by atoms with Gasteiger partial charge in [0.2, 0.25) is 0 Å². The van der Waals surface area contributed by atoms with Crippen LogP contribution in [0.4, 0.5) is 0 Å². The Balaban J connectivity index is 0.994. The van der Waals surface area contributed by atoms with Gasteiger partial charge in [0.25, 0.3) is 0 Å². The minimum atomic E-state index is -2.45. The fraction of sp³-hybridized carbons (Fsp3) is 0.206. The number of imidazole rings is 1. The molecule has 6 nitrogen and oxygen atoms in total. The molecule has 0 aliphatic rings. The minimum absolute atomic E-state index is 0.0511. The Bertz CT molecular complexity index is 4630. The Morgan fingerprint density at radius 3 is 1.85 bits per heavy atom. The molecular formula is C68H59N5OPt-2. The normalized spacial score (nSPS) is 13.6. The van der Waals surface area contributed by atoms with Crippen molar-refractivity contribution in [3.8, 4) is 39.8 Å². The van der Waals surface area contributed by atoms with E-state index in [2.05, 4.69) is 239 Å². The summed E-state index contributed by atoms with van der Waals surface area (Å²) in [4.78, 5) is 5.15. The summed E-state index contributed by atoms with van der Waals surface area (Å²) in [7, 11) is 0. The van der Waals surface area contributed by atoms with Gasteiger partial charge in [-0.15, -0.1) is 0 Å². The van der Waals surface area contributed by atoms with E-state index in [9.17, 15) is 0 Å². The predicted octanol–water partition coefficient (Wildman–Crippen LogP) is 17.7. The van der Waals surface area contributed by atoms with Gasteiger partial charge in [-0.3, -0.25) is 0 Å². The second-order valence-corrected chi connectivity index (χ2v) is 24.4. The van der Waals surface area contributed by atoms with E-state index in [1.165, 1.54) is 38.4 Å². The van der Waals surface area contributed by atoms with Gasteiger partial charge >= 0.3 is 281 Å². The average Bonchev–Trinajstić information content (AvgIpc) is 4.15. The van der Waals surface area contributed by atoms with E-state index < -0.39 is 6.85 Å². The third kappa shape index (κ3) is 7.54. The first-order valence-electron chi connectivity index (χ1n) is 27.3. The topological polar surface area (TPSA) is 41.3 Å². The maximum atomic E-state index is 8.93. The zero-order chi connectivity index (χ0) is 54.5.